The summed E-state index contributed by atoms with van der Waals surface area (Å²) in [6, 6.07) is 0. The van der Waals surface area contributed by atoms with Crippen LogP contribution in [0.15, 0.2) is 0 Å². The van der Waals surface area contributed by atoms with Crippen molar-refractivity contribution in [3.05, 3.63) is 0 Å². The van der Waals surface area contributed by atoms with Crippen LogP contribution in [0.1, 0.15) is 218 Å². The molecule has 316 valence electrons. The molecule has 6 atom stereocenters. The van der Waals surface area contributed by atoms with Gasteiger partial charge in [0.2, 0.25) is 0 Å². The normalized spacial score (nSPS) is 26.1. The van der Waals surface area contributed by atoms with Crippen molar-refractivity contribution in [3.63, 3.8) is 0 Å². The second-order valence-corrected chi connectivity index (χ2v) is 24.3. The third-order valence-corrected chi connectivity index (χ3v) is 12.8. The quantitative estimate of drug-likeness (QED) is 0.232. The zero-order chi connectivity index (χ0) is 42.3. The van der Waals surface area contributed by atoms with Crippen LogP contribution in [0.4, 0.5) is 0 Å². The third kappa shape index (κ3) is 16.1. The van der Waals surface area contributed by atoms with Gasteiger partial charge in [0.15, 0.2) is 0 Å². The molecule has 2 aliphatic rings. The molecule has 0 aromatic heterocycles. The van der Waals surface area contributed by atoms with Gasteiger partial charge >= 0.3 is 11.9 Å². The first-order valence-corrected chi connectivity index (χ1v) is 22.0. The van der Waals surface area contributed by atoms with E-state index in [2.05, 4.69) is 138 Å². The molecule has 0 N–H and O–H groups in total. The predicted octanol–water partition coefficient (Wildman–Crippen LogP) is 15.0. The average molecular weight is 749 g/mol. The van der Waals surface area contributed by atoms with Crippen LogP contribution in [0.2, 0.25) is 0 Å². The van der Waals surface area contributed by atoms with Crippen LogP contribution >= 0.6 is 0 Å². The van der Waals surface area contributed by atoms with Gasteiger partial charge in [0.05, 0.1) is 10.8 Å². The topological polar surface area (TPSA) is 52.6 Å². The summed E-state index contributed by atoms with van der Waals surface area (Å²) >= 11 is 0. The standard InChI is InChI=1S/C26H50O2.C21H40O2.C2H6/c1-22(2,3)17-26(13,25(10,11)12)21(27)28-20-15-14-18(23(4,5)6)16-19(20)24(7,8)9;1-14(2)16-11-10-12-17(15(3)4)18(16)23-19(22)21(8,9)13-20(5,6)7;1-2/h18-20H,14-17H2,1-13H3;14-18H,10-13H2,1-9H3;1-2H3. The Balaban J connectivity index is 0.000000991. The minimum absolute atomic E-state index is 0.00313. The van der Waals surface area contributed by atoms with Crippen molar-refractivity contribution >= 4 is 11.9 Å². The van der Waals surface area contributed by atoms with Gasteiger partial charge in [-0.05, 0) is 122 Å². The molecule has 6 unspecified atom stereocenters. The summed E-state index contributed by atoms with van der Waals surface area (Å²) in [6.07, 6.45) is 8.76. The van der Waals surface area contributed by atoms with Gasteiger partial charge in [-0.25, -0.2) is 0 Å². The molecule has 2 rings (SSSR count). The van der Waals surface area contributed by atoms with Crippen LogP contribution < -0.4 is 0 Å². The average Bonchev–Trinajstić information content (AvgIpc) is 2.94. The number of rotatable bonds is 8. The number of hydrogen-bond donors (Lipinski definition) is 0. The lowest BCUT2D eigenvalue weighted by atomic mass is 9.60. The molecule has 0 aromatic rings. The monoisotopic (exact) mass is 749 g/mol. The van der Waals surface area contributed by atoms with E-state index in [1.807, 2.05) is 27.7 Å². The molecule has 0 bridgehead atoms. The van der Waals surface area contributed by atoms with Gasteiger partial charge in [0.1, 0.15) is 12.2 Å². The fourth-order valence-corrected chi connectivity index (χ4v) is 9.47. The molecule has 53 heavy (non-hydrogen) atoms. The Hall–Kier alpha value is -1.06. The predicted molar refractivity (Wildman–Crippen MR) is 231 cm³/mol. The number of carbonyl (C=O) groups excluding carboxylic acids is 2. The van der Waals surface area contributed by atoms with E-state index in [1.165, 1.54) is 19.3 Å². The summed E-state index contributed by atoms with van der Waals surface area (Å²) in [4.78, 5) is 26.5. The van der Waals surface area contributed by atoms with Gasteiger partial charge in [-0.15, -0.1) is 0 Å². The van der Waals surface area contributed by atoms with E-state index in [9.17, 15) is 9.59 Å². The molecule has 0 heterocycles. The van der Waals surface area contributed by atoms with Gasteiger partial charge in [0, 0.05) is 5.92 Å². The van der Waals surface area contributed by atoms with E-state index in [0.717, 1.165) is 32.1 Å². The fourth-order valence-electron chi connectivity index (χ4n) is 9.47. The number of hydrogen-bond acceptors (Lipinski definition) is 4. The van der Waals surface area contributed by atoms with Crippen molar-refractivity contribution in [1.29, 1.82) is 0 Å². The largest absolute Gasteiger partial charge is 0.462 e. The Morgan fingerprint density at radius 3 is 1.34 bits per heavy atom. The summed E-state index contributed by atoms with van der Waals surface area (Å²) in [5.41, 5.74) is -0.398. The third-order valence-electron chi connectivity index (χ3n) is 12.8. The first-order chi connectivity index (χ1) is 23.5. The second-order valence-electron chi connectivity index (χ2n) is 24.3. The SMILES string of the molecule is CC.CC(C)(C)CC(C)(C(=O)OC1CCC(C(C)(C)C)CC1C(C)(C)C)C(C)(C)C.CC(C)C1CCCC(C(C)C)C1OC(=O)C(C)(C)CC(C)(C)C. The Morgan fingerprint density at radius 2 is 1.00 bits per heavy atom. The highest BCUT2D eigenvalue weighted by atomic mass is 16.6. The summed E-state index contributed by atoms with van der Waals surface area (Å²) in [5, 5.41) is 0. The Morgan fingerprint density at radius 1 is 0.566 bits per heavy atom. The van der Waals surface area contributed by atoms with Crippen LogP contribution in [0.3, 0.4) is 0 Å². The van der Waals surface area contributed by atoms with Crippen LogP contribution in [0.25, 0.3) is 0 Å². The van der Waals surface area contributed by atoms with Crippen molar-refractivity contribution in [2.75, 3.05) is 0 Å². The zero-order valence-electron chi connectivity index (χ0n) is 40.4. The van der Waals surface area contributed by atoms with E-state index in [1.54, 1.807) is 0 Å². The van der Waals surface area contributed by atoms with Crippen molar-refractivity contribution < 1.29 is 19.1 Å². The highest BCUT2D eigenvalue weighted by Gasteiger charge is 2.50. The van der Waals surface area contributed by atoms with E-state index >= 15 is 0 Å². The van der Waals surface area contributed by atoms with Crippen LogP contribution in [0, 0.1) is 73.4 Å². The molecule has 0 aliphatic heterocycles. The molecular formula is C49H96O4. The maximum atomic E-state index is 13.6. The lowest BCUT2D eigenvalue weighted by Gasteiger charge is -2.48. The number of carbonyl (C=O) groups is 2. The minimum Gasteiger partial charge on any atom is -0.462 e. The van der Waals surface area contributed by atoms with Crippen LogP contribution in [-0.2, 0) is 19.1 Å². The summed E-state index contributed by atoms with van der Waals surface area (Å²) in [5.74, 6) is 3.25. The summed E-state index contributed by atoms with van der Waals surface area (Å²) in [6.45, 7) is 53.0. The molecule has 0 aromatic carbocycles. The van der Waals surface area contributed by atoms with E-state index < -0.39 is 10.8 Å². The summed E-state index contributed by atoms with van der Waals surface area (Å²) in [7, 11) is 0. The number of ether oxygens (including phenoxy) is 2. The van der Waals surface area contributed by atoms with Gasteiger partial charge < -0.3 is 9.47 Å². The molecule has 2 saturated carbocycles. The van der Waals surface area contributed by atoms with Gasteiger partial charge in [-0.1, -0.05) is 152 Å². The molecule has 2 aliphatic carbocycles. The van der Waals surface area contributed by atoms with Gasteiger partial charge in [0.25, 0.3) is 0 Å². The molecule has 4 nitrogen and oxygen atoms in total. The smallest absolute Gasteiger partial charge is 0.312 e. The van der Waals surface area contributed by atoms with Crippen LogP contribution in [-0.4, -0.2) is 24.1 Å². The molecule has 4 heteroatoms. The van der Waals surface area contributed by atoms with Crippen molar-refractivity contribution in [2.45, 2.75) is 230 Å². The fraction of sp³-hybridized carbons (Fsp3) is 0.959. The zero-order valence-corrected chi connectivity index (χ0v) is 40.4. The maximum Gasteiger partial charge on any atom is 0.312 e. The highest BCUT2D eigenvalue weighted by Crippen LogP contribution is 2.51. The molecule has 0 saturated heterocycles. The minimum atomic E-state index is -0.492. The number of esters is 2. The highest BCUT2D eigenvalue weighted by molar-refractivity contribution is 5.78. The van der Waals surface area contributed by atoms with E-state index in [0.29, 0.717) is 40.9 Å². The van der Waals surface area contributed by atoms with E-state index in [-0.39, 0.29) is 45.8 Å². The van der Waals surface area contributed by atoms with Gasteiger partial charge in [-0.3, -0.25) is 9.59 Å². The molecule has 0 spiro atoms. The molecule has 0 radical (unpaired) electrons. The lowest BCUT2D eigenvalue weighted by molar-refractivity contribution is -0.179. The maximum absolute atomic E-state index is 13.6. The van der Waals surface area contributed by atoms with Crippen molar-refractivity contribution in [1.82, 2.24) is 0 Å². The first-order valence-electron chi connectivity index (χ1n) is 22.0. The molecule has 0 amide bonds. The second kappa shape index (κ2) is 19.4. The Labute approximate surface area is 333 Å². The molecular weight excluding hydrogens is 653 g/mol. The van der Waals surface area contributed by atoms with Crippen molar-refractivity contribution in [2.24, 2.45) is 73.4 Å². The van der Waals surface area contributed by atoms with Crippen LogP contribution in [0.5, 0.6) is 0 Å². The first kappa shape index (κ1) is 51.9. The van der Waals surface area contributed by atoms with Crippen molar-refractivity contribution in [3.8, 4) is 0 Å². The van der Waals surface area contributed by atoms with Gasteiger partial charge in [-0.2, -0.15) is 0 Å². The van der Waals surface area contributed by atoms with E-state index in [4.69, 9.17) is 9.47 Å². The molecule has 2 fully saturated rings. The Bertz CT molecular complexity index is 1080. The summed E-state index contributed by atoms with van der Waals surface area (Å²) < 4.78 is 12.6. The lowest BCUT2D eigenvalue weighted by Crippen LogP contribution is -2.49. The Kier molecular flexibility index (Phi) is 19.0.